The molecule has 7 aliphatic heterocycles. The number of alkyl halides is 3. The van der Waals surface area contributed by atoms with E-state index in [4.69, 9.17) is 63.3 Å². The Hall–Kier alpha value is -4.98. The van der Waals surface area contributed by atoms with Gasteiger partial charge in [0.1, 0.15) is 24.4 Å². The minimum absolute atomic E-state index is 0.0241. The monoisotopic (exact) mass is 1070 g/mol. The Balaban J connectivity index is 0.000000175. The molecule has 0 radical (unpaired) electrons. The molecule has 7 saturated heterocycles. The summed E-state index contributed by atoms with van der Waals surface area (Å²) in [6.07, 6.45) is 2.74. The van der Waals surface area contributed by atoms with Gasteiger partial charge in [0.05, 0.1) is 57.6 Å². The Morgan fingerprint density at radius 2 is 1.23 bits per heavy atom. The second kappa shape index (κ2) is 25.0. The molecule has 1 unspecified atom stereocenters. The van der Waals surface area contributed by atoms with E-state index in [0.717, 1.165) is 28.6 Å². The number of amides is 1. The average Bonchev–Trinajstić information content (AvgIpc) is 3.76. The highest BCUT2D eigenvalue weighted by atomic mass is 19.1. The summed E-state index contributed by atoms with van der Waals surface area (Å²) in [7, 11) is 0. The Morgan fingerprint density at radius 3 is 1.72 bits per heavy atom. The smallest absolute Gasteiger partial charge is 0.333 e. The van der Waals surface area contributed by atoms with Crippen LogP contribution in [0, 0.1) is 30.1 Å². The lowest BCUT2D eigenvalue weighted by Gasteiger charge is -2.22. The molecule has 0 bridgehead atoms. The van der Waals surface area contributed by atoms with Crippen molar-refractivity contribution >= 4 is 40.9 Å². The topological polar surface area (TPSA) is 267 Å². The van der Waals surface area contributed by atoms with Crippen molar-refractivity contribution in [1.82, 2.24) is 19.1 Å². The van der Waals surface area contributed by atoms with E-state index in [-0.39, 0.29) is 85.6 Å². The predicted octanol–water partition coefficient (Wildman–Crippen LogP) is 4.01. The van der Waals surface area contributed by atoms with Crippen LogP contribution in [0.25, 0.3) is 11.2 Å². The Morgan fingerprint density at radius 1 is 0.720 bits per heavy atom. The van der Waals surface area contributed by atoms with Crippen molar-refractivity contribution in [3.8, 4) is 12.3 Å². The number of imidazole rings is 1. The first-order valence-electron chi connectivity index (χ1n) is 24.9. The maximum absolute atomic E-state index is 13.2. The van der Waals surface area contributed by atoms with E-state index in [0.29, 0.717) is 12.5 Å². The van der Waals surface area contributed by atoms with Gasteiger partial charge in [0, 0.05) is 71.1 Å². The summed E-state index contributed by atoms with van der Waals surface area (Å²) in [6.45, 7) is 16.7. The molecule has 75 heavy (non-hydrogen) atoms. The van der Waals surface area contributed by atoms with Gasteiger partial charge in [-0.15, -0.1) is 6.42 Å². The molecule has 0 aromatic carbocycles. The number of nitrogens with one attached hydrogen (secondary N) is 2. The van der Waals surface area contributed by atoms with Crippen LogP contribution < -0.4 is 16.6 Å². The lowest BCUT2D eigenvalue weighted by atomic mass is 10.0. The van der Waals surface area contributed by atoms with Crippen molar-refractivity contribution < 1.29 is 89.2 Å². The summed E-state index contributed by atoms with van der Waals surface area (Å²) in [6, 6.07) is 0. The molecule has 23 nitrogen and oxygen atoms in total. The molecule has 16 atom stereocenters. The lowest BCUT2D eigenvalue weighted by molar-refractivity contribution is -0.209. The second-order valence-electron chi connectivity index (χ2n) is 20.4. The van der Waals surface area contributed by atoms with Gasteiger partial charge in [-0.25, -0.2) is 9.36 Å². The molecule has 7 aliphatic rings. The van der Waals surface area contributed by atoms with Crippen molar-refractivity contribution in [2.75, 3.05) is 31.9 Å². The van der Waals surface area contributed by atoms with E-state index in [9.17, 15) is 41.9 Å². The van der Waals surface area contributed by atoms with Crippen molar-refractivity contribution in [3.63, 3.8) is 0 Å². The zero-order valence-electron chi connectivity index (χ0n) is 44.0. The number of anilines is 1. The number of nitrogens with zero attached hydrogens (tertiary/aromatic N) is 3. The maximum atomic E-state index is 13.2. The van der Waals surface area contributed by atoms with Crippen LogP contribution in [0.5, 0.6) is 0 Å². The van der Waals surface area contributed by atoms with Crippen LogP contribution in [0.3, 0.4) is 0 Å². The highest BCUT2D eigenvalue weighted by Gasteiger charge is 2.53. The minimum atomic E-state index is -1.17. The Kier molecular flexibility index (Phi) is 19.8. The zero-order valence-corrected chi connectivity index (χ0v) is 44.0. The molecule has 0 spiro atoms. The van der Waals surface area contributed by atoms with Crippen molar-refractivity contribution in [3.05, 3.63) is 20.8 Å². The molecule has 2 aromatic rings. The number of hydrogen-bond donors (Lipinski definition) is 2. The molecule has 2 N–H and O–H groups in total. The SMILES string of the molecule is C#CCn1c(=O)n([C@@H]2O[C@H]([C@H](C)CF)C[C@H]2OC(C)=O)c2nc(NC(C)=O)[nH]c(=O)c21.CC(=O)OC1O[C@H]([C@H](C)CF)C[C@H]1OC(C)=O.CC1(C)O[C@H]2O[C@H]([C@H]3CO3)C[C@H]2O1.C[C@H](CF)[C@@H]1C[C@H]2OC(C)(C)O[C@H]2O1. The minimum Gasteiger partial charge on any atom is -0.458 e. The van der Waals surface area contributed by atoms with Gasteiger partial charge in [0.15, 0.2) is 47.7 Å². The van der Waals surface area contributed by atoms with Crippen LogP contribution in [0.15, 0.2) is 9.59 Å². The van der Waals surface area contributed by atoms with E-state index in [1.165, 1.54) is 27.7 Å². The number of aromatic nitrogens is 4. The summed E-state index contributed by atoms with van der Waals surface area (Å²) in [5, 5.41) is 2.35. The number of carbonyl (C=O) groups is 4. The molecule has 1 amide bonds. The van der Waals surface area contributed by atoms with Crippen LogP contribution in [0.2, 0.25) is 0 Å². The fourth-order valence-corrected chi connectivity index (χ4v) is 9.31. The summed E-state index contributed by atoms with van der Waals surface area (Å²) in [4.78, 5) is 77.2. The molecule has 2 aromatic heterocycles. The summed E-state index contributed by atoms with van der Waals surface area (Å²) in [5.74, 6) is -1.97. The Bertz CT molecular complexity index is 2440. The zero-order chi connectivity index (χ0) is 55.3. The molecule has 9 heterocycles. The number of aromatic amines is 1. The number of fused-ring (bicyclic) bond motifs is 3. The number of terminal acetylenes is 1. The van der Waals surface area contributed by atoms with Crippen LogP contribution in [-0.4, -0.2) is 155 Å². The fraction of sp³-hybridized carbons (Fsp3) is 0.776. The maximum Gasteiger partial charge on any atom is 0.333 e. The van der Waals surface area contributed by atoms with Crippen LogP contribution >= 0.6 is 0 Å². The third kappa shape index (κ3) is 15.2. The van der Waals surface area contributed by atoms with Crippen LogP contribution in [0.1, 0.15) is 108 Å². The van der Waals surface area contributed by atoms with Gasteiger partial charge >= 0.3 is 23.6 Å². The molecular formula is C49H70F3N5O18. The second-order valence-corrected chi connectivity index (χ2v) is 20.4. The average molecular weight is 1070 g/mol. The van der Waals surface area contributed by atoms with Crippen molar-refractivity contribution in [2.45, 2.75) is 200 Å². The first-order valence-corrected chi connectivity index (χ1v) is 24.9. The van der Waals surface area contributed by atoms with E-state index in [1.54, 1.807) is 13.8 Å². The third-order valence-corrected chi connectivity index (χ3v) is 12.9. The molecule has 9 rings (SSSR count). The molecule has 7 fully saturated rings. The van der Waals surface area contributed by atoms with Crippen molar-refractivity contribution in [2.24, 2.45) is 17.8 Å². The summed E-state index contributed by atoms with van der Waals surface area (Å²) >= 11 is 0. The molecule has 0 aliphatic carbocycles. The normalized spacial score (nSPS) is 32.6. The van der Waals surface area contributed by atoms with Gasteiger partial charge in [-0.1, -0.05) is 26.7 Å². The van der Waals surface area contributed by atoms with E-state index < -0.39 is 103 Å². The molecule has 26 heteroatoms. The van der Waals surface area contributed by atoms with E-state index in [1.807, 2.05) is 34.6 Å². The van der Waals surface area contributed by atoms with Crippen LogP contribution in [0.4, 0.5) is 19.1 Å². The van der Waals surface area contributed by atoms with Gasteiger partial charge in [-0.2, -0.15) is 4.98 Å². The number of rotatable bonds is 13. The van der Waals surface area contributed by atoms with Crippen molar-refractivity contribution in [1.29, 1.82) is 0 Å². The number of hydrogen-bond acceptors (Lipinski definition) is 19. The first kappa shape index (κ1) is 59.3. The number of halogens is 3. The lowest BCUT2D eigenvalue weighted by Crippen LogP contribution is -2.33. The number of epoxide rings is 1. The number of H-pyrrole nitrogens is 1. The van der Waals surface area contributed by atoms with Gasteiger partial charge < -0.3 is 56.8 Å². The van der Waals surface area contributed by atoms with Gasteiger partial charge in [-0.05, 0) is 27.7 Å². The fourth-order valence-electron chi connectivity index (χ4n) is 9.31. The Labute approximate surface area is 431 Å². The van der Waals surface area contributed by atoms with Crippen LogP contribution in [-0.2, 0) is 82.6 Å². The number of esters is 3. The van der Waals surface area contributed by atoms with Gasteiger partial charge in [-0.3, -0.25) is 52.0 Å². The predicted molar refractivity (Wildman–Crippen MR) is 254 cm³/mol. The molecular weight excluding hydrogens is 1000 g/mol. The third-order valence-electron chi connectivity index (χ3n) is 12.9. The quantitative estimate of drug-likeness (QED) is 0.124. The van der Waals surface area contributed by atoms with E-state index >= 15 is 0 Å². The number of carbonyl (C=O) groups excluding carboxylic acids is 4. The standard InChI is InChI=1S/C19H22FN5O6.C11H17FO5.C10H17FO3.C9H14O4/c1-5-6-24-14-15(22-18(21-10(3)26)23-16(14)28)25(19(24)29)17-13(30-11(4)27)7-12(31-17)9(2)8-20;1-6(5-12)9-4-10(15-7(2)13)11(17-9)16-8(3)14;1-6(5-11)7-4-8-9(12-7)14-10(2,3)13-8;1-9(2)12-6-3-5(7-4-10-7)11-8(6)13-9/h1,9,12-13,17H,6-8H2,2-4H3,(H2,21,22,23,26,28);6,9-11H,4-5H2,1-3H3;6-9H,4-5H2,1-3H3;5-8H,3-4H2,1-2H3/t9-,12+,13-,17-;6-,9+,10-,11?;6-,7+,8-,9-;5-,6+,7+,8+/m1110/s1. The largest absolute Gasteiger partial charge is 0.458 e. The molecule has 420 valence electrons. The first-order chi connectivity index (χ1) is 35.3. The van der Waals surface area contributed by atoms with E-state index in [2.05, 4.69) is 21.2 Å². The highest BCUT2D eigenvalue weighted by molar-refractivity contribution is 5.87. The van der Waals surface area contributed by atoms with Gasteiger partial charge in [0.25, 0.3) is 5.56 Å². The number of ether oxygens (including phenoxy) is 12. The van der Waals surface area contributed by atoms with Gasteiger partial charge in [0.2, 0.25) is 18.1 Å². The summed E-state index contributed by atoms with van der Waals surface area (Å²) in [5.41, 5.74) is -1.69. The summed E-state index contributed by atoms with van der Waals surface area (Å²) < 4.78 is 106. The highest BCUT2D eigenvalue weighted by Crippen LogP contribution is 2.41. The molecule has 0 saturated carbocycles.